The third kappa shape index (κ3) is 1.27. The van der Waals surface area contributed by atoms with Gasteiger partial charge in [-0.25, -0.2) is 9.55 Å². The van der Waals surface area contributed by atoms with Crippen LogP contribution in [0.1, 0.15) is 5.69 Å². The number of nitrogens with zero attached hydrogens (tertiary/aromatic N) is 3. The molecule has 0 saturated carbocycles. The Hall–Kier alpha value is -2.08. The number of aryl methyl sites for hydroxylation is 1. The molecule has 0 radical (unpaired) electrons. The number of nitriles is 1. The van der Waals surface area contributed by atoms with Gasteiger partial charge < -0.3 is 0 Å². The van der Waals surface area contributed by atoms with Gasteiger partial charge in [0.25, 0.3) is 0 Å². The summed E-state index contributed by atoms with van der Waals surface area (Å²) in [4.78, 5) is 4.20. The predicted molar refractivity (Wildman–Crippen MR) is 53.4 cm³/mol. The summed E-state index contributed by atoms with van der Waals surface area (Å²) in [5.74, 6) is 0.700. The molecule has 1 aromatic carbocycles. The van der Waals surface area contributed by atoms with Gasteiger partial charge in [-0.15, -0.1) is 0 Å². The quantitative estimate of drug-likeness (QED) is 0.680. The smallest absolute Gasteiger partial charge is 0.190 e. The lowest BCUT2D eigenvalue weighted by Crippen LogP contribution is -1.94. The summed E-state index contributed by atoms with van der Waals surface area (Å²) < 4.78 is 1.52. The lowest BCUT2D eigenvalue weighted by atomic mass is 10.2. The van der Waals surface area contributed by atoms with Crippen molar-refractivity contribution in [3.05, 3.63) is 42.2 Å². The zero-order valence-corrected chi connectivity index (χ0v) is 7.81. The van der Waals surface area contributed by atoms with Crippen LogP contribution in [0, 0.1) is 18.4 Å². The van der Waals surface area contributed by atoms with Crippen molar-refractivity contribution in [3.63, 3.8) is 0 Å². The molecule has 0 saturated heterocycles. The highest BCUT2D eigenvalue weighted by Crippen LogP contribution is 2.17. The van der Waals surface area contributed by atoms with Crippen molar-refractivity contribution < 1.29 is 0 Å². The second-order valence-electron chi connectivity index (χ2n) is 3.02. The molecular formula is C11H9N3. The molecule has 2 aromatic rings. The van der Waals surface area contributed by atoms with Gasteiger partial charge in [-0.1, -0.05) is 30.3 Å². The highest BCUT2D eigenvalue weighted by molar-refractivity contribution is 5.56. The fourth-order valence-electron chi connectivity index (χ4n) is 1.35. The molecule has 0 bridgehead atoms. The summed E-state index contributed by atoms with van der Waals surface area (Å²) in [6.45, 7) is 1.86. The number of hydrogen-bond acceptors (Lipinski definition) is 2. The maximum Gasteiger partial charge on any atom is 0.190 e. The van der Waals surface area contributed by atoms with Crippen LogP contribution in [-0.4, -0.2) is 9.55 Å². The highest BCUT2D eigenvalue weighted by atomic mass is 15.1. The molecule has 0 spiro atoms. The van der Waals surface area contributed by atoms with Crippen molar-refractivity contribution >= 4 is 0 Å². The van der Waals surface area contributed by atoms with E-state index in [-0.39, 0.29) is 0 Å². The Balaban J connectivity index is 2.59. The predicted octanol–water partition coefficient (Wildman–Crippen LogP) is 2.19. The van der Waals surface area contributed by atoms with E-state index in [1.807, 2.05) is 37.3 Å². The van der Waals surface area contributed by atoms with Crippen molar-refractivity contribution in [2.45, 2.75) is 6.92 Å². The van der Waals surface area contributed by atoms with Crippen molar-refractivity contribution in [1.29, 1.82) is 5.26 Å². The summed E-state index contributed by atoms with van der Waals surface area (Å²) in [7, 11) is 0. The Morgan fingerprint density at radius 2 is 2.00 bits per heavy atom. The summed E-state index contributed by atoms with van der Waals surface area (Å²) >= 11 is 0. The van der Waals surface area contributed by atoms with E-state index in [1.54, 1.807) is 6.20 Å². The van der Waals surface area contributed by atoms with Gasteiger partial charge >= 0.3 is 0 Å². The van der Waals surface area contributed by atoms with Gasteiger partial charge in [0.05, 0.1) is 5.69 Å². The zero-order valence-electron chi connectivity index (χ0n) is 7.81. The van der Waals surface area contributed by atoms with E-state index in [0.717, 1.165) is 11.3 Å². The van der Waals surface area contributed by atoms with Gasteiger partial charge in [0.1, 0.15) is 0 Å². The van der Waals surface area contributed by atoms with Gasteiger partial charge in [-0.05, 0) is 6.92 Å². The van der Waals surface area contributed by atoms with E-state index in [1.165, 1.54) is 4.57 Å². The molecule has 68 valence electrons. The molecule has 3 nitrogen and oxygen atoms in total. The second-order valence-corrected chi connectivity index (χ2v) is 3.02. The van der Waals surface area contributed by atoms with E-state index in [4.69, 9.17) is 5.26 Å². The molecule has 0 aliphatic carbocycles. The van der Waals surface area contributed by atoms with Crippen LogP contribution in [0.2, 0.25) is 0 Å². The van der Waals surface area contributed by atoms with Crippen molar-refractivity contribution in [3.8, 4) is 17.6 Å². The largest absolute Gasteiger partial charge is 0.235 e. The van der Waals surface area contributed by atoms with E-state index < -0.39 is 0 Å². The maximum absolute atomic E-state index is 8.92. The SMILES string of the molecule is Cc1cnc(-c2ccccc2)n1C#N. The van der Waals surface area contributed by atoms with E-state index in [0.29, 0.717) is 5.82 Å². The molecule has 1 aromatic heterocycles. The summed E-state index contributed by atoms with van der Waals surface area (Å²) in [5, 5.41) is 8.92. The molecule has 14 heavy (non-hydrogen) atoms. The monoisotopic (exact) mass is 183 g/mol. The Bertz CT molecular complexity index is 477. The number of rotatable bonds is 1. The van der Waals surface area contributed by atoms with Crippen LogP contribution in [0.25, 0.3) is 11.4 Å². The summed E-state index contributed by atoms with van der Waals surface area (Å²) in [5.41, 5.74) is 1.81. The first-order valence-electron chi connectivity index (χ1n) is 4.33. The number of benzene rings is 1. The maximum atomic E-state index is 8.92. The van der Waals surface area contributed by atoms with Crippen molar-refractivity contribution in [2.75, 3.05) is 0 Å². The molecule has 1 heterocycles. The van der Waals surface area contributed by atoms with Gasteiger partial charge in [0, 0.05) is 11.8 Å². The second kappa shape index (κ2) is 3.35. The molecular weight excluding hydrogens is 174 g/mol. The molecule has 3 heteroatoms. The number of imidazole rings is 1. The van der Waals surface area contributed by atoms with E-state index in [9.17, 15) is 0 Å². The summed E-state index contributed by atoms with van der Waals surface area (Å²) in [6, 6.07) is 9.68. The Labute approximate surface area is 82.2 Å². The average molecular weight is 183 g/mol. The van der Waals surface area contributed by atoms with Crippen LogP contribution < -0.4 is 0 Å². The normalized spacial score (nSPS) is 9.71. The molecule has 0 amide bonds. The molecule has 0 atom stereocenters. The van der Waals surface area contributed by atoms with Crippen molar-refractivity contribution in [1.82, 2.24) is 9.55 Å². The Morgan fingerprint density at radius 1 is 1.29 bits per heavy atom. The Kier molecular flexibility index (Phi) is 2.04. The van der Waals surface area contributed by atoms with Crippen molar-refractivity contribution in [2.24, 2.45) is 0 Å². The lowest BCUT2D eigenvalue weighted by Gasteiger charge is -1.99. The zero-order chi connectivity index (χ0) is 9.97. The van der Waals surface area contributed by atoms with Crippen LogP contribution in [0.3, 0.4) is 0 Å². The van der Waals surface area contributed by atoms with E-state index >= 15 is 0 Å². The third-order valence-electron chi connectivity index (χ3n) is 2.07. The lowest BCUT2D eigenvalue weighted by molar-refractivity contribution is 1.03. The van der Waals surface area contributed by atoms with Gasteiger partial charge in [-0.2, -0.15) is 5.26 Å². The third-order valence-corrected chi connectivity index (χ3v) is 2.07. The van der Waals surface area contributed by atoms with Gasteiger partial charge in [0.2, 0.25) is 0 Å². The van der Waals surface area contributed by atoms with E-state index in [2.05, 4.69) is 11.2 Å². The van der Waals surface area contributed by atoms with Crippen LogP contribution in [-0.2, 0) is 0 Å². The minimum Gasteiger partial charge on any atom is -0.235 e. The Morgan fingerprint density at radius 3 is 2.64 bits per heavy atom. The molecule has 0 aliphatic heterocycles. The van der Waals surface area contributed by atoms with Crippen LogP contribution in [0.4, 0.5) is 0 Å². The van der Waals surface area contributed by atoms with Crippen LogP contribution >= 0.6 is 0 Å². The molecule has 0 aliphatic rings. The molecule has 0 fully saturated rings. The van der Waals surface area contributed by atoms with Crippen LogP contribution in [0.5, 0.6) is 0 Å². The summed E-state index contributed by atoms with van der Waals surface area (Å²) in [6.07, 6.45) is 3.80. The fourth-order valence-corrected chi connectivity index (χ4v) is 1.35. The fraction of sp³-hybridized carbons (Fsp3) is 0.0909. The first kappa shape index (κ1) is 8.52. The van der Waals surface area contributed by atoms with Gasteiger partial charge in [0.15, 0.2) is 12.0 Å². The minimum atomic E-state index is 0.700. The topological polar surface area (TPSA) is 41.6 Å². The molecule has 2 rings (SSSR count). The first-order valence-corrected chi connectivity index (χ1v) is 4.33. The molecule has 0 unspecified atom stereocenters. The average Bonchev–Trinajstić information content (AvgIpc) is 2.61. The first-order chi connectivity index (χ1) is 6.83. The number of aromatic nitrogens is 2. The highest BCUT2D eigenvalue weighted by Gasteiger charge is 2.07. The minimum absolute atomic E-state index is 0.700. The van der Waals surface area contributed by atoms with Crippen LogP contribution in [0.15, 0.2) is 36.5 Å². The molecule has 0 N–H and O–H groups in total. The standard InChI is InChI=1S/C11H9N3/c1-9-7-13-11(14(9)8-12)10-5-3-2-4-6-10/h2-7H,1H3. The van der Waals surface area contributed by atoms with Gasteiger partial charge in [-0.3, -0.25) is 0 Å². The number of hydrogen-bond donors (Lipinski definition) is 0.